The smallest absolute Gasteiger partial charge is 0.455 e. The van der Waals surface area contributed by atoms with Crippen molar-refractivity contribution in [3.8, 4) is 11.5 Å². The van der Waals surface area contributed by atoms with Crippen molar-refractivity contribution < 1.29 is 59.8 Å². The number of halogens is 7. The first-order valence-electron chi connectivity index (χ1n) is 16.1. The zero-order valence-corrected chi connectivity index (χ0v) is 27.0. The van der Waals surface area contributed by atoms with Crippen LogP contribution in [0.1, 0.15) is 42.9 Å². The predicted molar refractivity (Wildman–Crippen MR) is 172 cm³/mol. The summed E-state index contributed by atoms with van der Waals surface area (Å²) in [5.41, 5.74) is -1.78. The van der Waals surface area contributed by atoms with Gasteiger partial charge in [-0.25, -0.2) is 9.29 Å². The number of amides is 2. The number of hydrogen-bond acceptors (Lipinski definition) is 6. The molecule has 51 heavy (non-hydrogen) atoms. The maximum absolute atomic E-state index is 14.1. The second kappa shape index (κ2) is 13.8. The quantitative estimate of drug-likeness (QED) is 0.107. The molecule has 2 aliphatic heterocycles. The van der Waals surface area contributed by atoms with Crippen molar-refractivity contribution in [2.75, 3.05) is 11.5 Å². The summed E-state index contributed by atoms with van der Waals surface area (Å²) >= 11 is 0. The number of benzene rings is 3. The van der Waals surface area contributed by atoms with Crippen LogP contribution in [0.2, 0.25) is 6.32 Å². The molecular weight excluding hydrogens is 686 g/mol. The van der Waals surface area contributed by atoms with Gasteiger partial charge >= 0.3 is 19.5 Å². The number of aromatic hydroxyl groups is 1. The number of phenolic OH excluding ortho intramolecular Hbond substituents is 1. The van der Waals surface area contributed by atoms with Crippen LogP contribution in [0.5, 0.6) is 11.5 Å². The number of allylic oxidation sites excluding steroid dienone is 1. The lowest BCUT2D eigenvalue weighted by Crippen LogP contribution is -2.46. The largest absolute Gasteiger partial charge is 0.505 e. The van der Waals surface area contributed by atoms with Gasteiger partial charge in [0, 0.05) is 0 Å². The van der Waals surface area contributed by atoms with Crippen molar-refractivity contribution in [1.82, 2.24) is 0 Å². The van der Waals surface area contributed by atoms with E-state index >= 15 is 0 Å². The summed E-state index contributed by atoms with van der Waals surface area (Å²) in [5, 5.41) is 20.4. The first-order valence-corrected chi connectivity index (χ1v) is 16.1. The van der Waals surface area contributed by atoms with E-state index in [2.05, 4.69) is 0 Å². The van der Waals surface area contributed by atoms with Crippen LogP contribution in [0.15, 0.2) is 83.4 Å². The summed E-state index contributed by atoms with van der Waals surface area (Å²) in [6.07, 6.45) is -9.15. The molecule has 0 bridgehead atoms. The lowest BCUT2D eigenvalue weighted by molar-refractivity contribution is -0.143. The van der Waals surface area contributed by atoms with Crippen LogP contribution in [0.4, 0.5) is 36.4 Å². The lowest BCUT2D eigenvalue weighted by Gasteiger charge is -2.43. The Morgan fingerprint density at radius 2 is 1.63 bits per heavy atom. The standard InChI is InChI=1S/C36H31BF7NO6/c1-19(11-20-8-9-29(46)28(38)12-20)7-10-30-31-21(18-50-25-5-3-2-4-6-25)13-26-32(27(31)17-37(49)51-30)34(48)45(33(26)47)24-15-22(35(39,40)41)14-23(16-24)36(42,43)44/h2-6,8-9,11-12,14-16,26-27,30,32,46,49H,7,10,13,17-18H2,1H3/b19-11+/t26-,27+,30-,32-/m1/s1. The molecule has 268 valence electrons. The summed E-state index contributed by atoms with van der Waals surface area (Å²) in [4.78, 5) is 28.4. The Morgan fingerprint density at radius 1 is 0.961 bits per heavy atom. The van der Waals surface area contributed by atoms with E-state index in [1.807, 2.05) is 0 Å². The first kappa shape index (κ1) is 36.2. The van der Waals surface area contributed by atoms with E-state index in [4.69, 9.17) is 9.39 Å². The summed E-state index contributed by atoms with van der Waals surface area (Å²) in [7, 11) is -1.41. The number of phenols is 1. The van der Waals surface area contributed by atoms with Gasteiger partial charge in [-0.15, -0.1) is 0 Å². The Labute approximate surface area is 288 Å². The minimum Gasteiger partial charge on any atom is -0.505 e. The number of rotatable bonds is 8. The number of imide groups is 1. The van der Waals surface area contributed by atoms with Gasteiger partial charge in [-0.2, -0.15) is 26.3 Å². The van der Waals surface area contributed by atoms with Gasteiger partial charge in [-0.05, 0) is 97.6 Å². The van der Waals surface area contributed by atoms with Crippen molar-refractivity contribution in [2.24, 2.45) is 17.8 Å². The van der Waals surface area contributed by atoms with E-state index < -0.39 is 83.5 Å². The van der Waals surface area contributed by atoms with E-state index in [1.54, 1.807) is 43.3 Å². The van der Waals surface area contributed by atoms with Gasteiger partial charge in [-0.3, -0.25) is 9.59 Å². The molecule has 0 unspecified atom stereocenters. The zero-order chi connectivity index (χ0) is 36.8. The van der Waals surface area contributed by atoms with Crippen molar-refractivity contribution in [3.63, 3.8) is 0 Å². The van der Waals surface area contributed by atoms with Gasteiger partial charge in [0.15, 0.2) is 11.6 Å². The fourth-order valence-electron chi connectivity index (χ4n) is 7.23. The third-order valence-corrected chi connectivity index (χ3v) is 9.48. The van der Waals surface area contributed by atoms with Crippen LogP contribution in [0.3, 0.4) is 0 Å². The third-order valence-electron chi connectivity index (χ3n) is 9.48. The van der Waals surface area contributed by atoms with Crippen molar-refractivity contribution in [1.29, 1.82) is 0 Å². The number of fused-ring (bicyclic) bond motifs is 3. The minimum atomic E-state index is -5.20. The topological polar surface area (TPSA) is 96.3 Å². The number of nitrogens with zero attached hydrogens (tertiary/aromatic N) is 1. The van der Waals surface area contributed by atoms with Gasteiger partial charge in [0.25, 0.3) is 0 Å². The molecule has 2 saturated heterocycles. The Hall–Kier alpha value is -4.63. The first-order chi connectivity index (χ1) is 24.0. The molecule has 1 aliphatic carbocycles. The zero-order valence-electron chi connectivity index (χ0n) is 27.0. The fourth-order valence-corrected chi connectivity index (χ4v) is 7.23. The predicted octanol–water partition coefficient (Wildman–Crippen LogP) is 7.83. The number of ether oxygens (including phenoxy) is 1. The molecule has 2 heterocycles. The molecule has 0 aromatic heterocycles. The molecule has 4 atom stereocenters. The number of para-hydroxylation sites is 1. The van der Waals surface area contributed by atoms with E-state index in [-0.39, 0.29) is 31.8 Å². The molecule has 2 fully saturated rings. The monoisotopic (exact) mass is 717 g/mol. The maximum Gasteiger partial charge on any atom is 0.455 e. The molecule has 3 aromatic rings. The second-order valence-corrected chi connectivity index (χ2v) is 12.9. The van der Waals surface area contributed by atoms with Gasteiger partial charge in [0.2, 0.25) is 11.8 Å². The maximum atomic E-state index is 14.1. The van der Waals surface area contributed by atoms with Gasteiger partial charge in [0.05, 0.1) is 34.8 Å². The highest BCUT2D eigenvalue weighted by molar-refractivity contribution is 6.43. The normalized spacial score (nSPS) is 22.7. The molecule has 2 amide bonds. The molecule has 15 heteroatoms. The number of carbonyl (C=O) groups is 2. The van der Waals surface area contributed by atoms with E-state index in [0.29, 0.717) is 45.9 Å². The Kier molecular flexibility index (Phi) is 9.81. The lowest BCUT2D eigenvalue weighted by atomic mass is 9.58. The third kappa shape index (κ3) is 7.54. The van der Waals surface area contributed by atoms with Crippen LogP contribution in [0, 0.1) is 23.6 Å². The van der Waals surface area contributed by atoms with Crippen LogP contribution < -0.4 is 9.64 Å². The van der Waals surface area contributed by atoms with Crippen LogP contribution >= 0.6 is 0 Å². The molecule has 7 nitrogen and oxygen atoms in total. The SMILES string of the molecule is C/C(=C\c1ccc(O)c(F)c1)CC[C@H]1OB(O)C[C@H]2C1=C(COc1ccccc1)C[C@H]1C(=O)N(c3cc(C(F)(F)F)cc(C(F)(F)F)c3)C(=O)[C@H]12. The second-order valence-electron chi connectivity index (χ2n) is 12.9. The van der Waals surface area contributed by atoms with E-state index in [1.165, 1.54) is 12.1 Å². The van der Waals surface area contributed by atoms with Crippen molar-refractivity contribution in [3.05, 3.63) is 106 Å². The number of alkyl halides is 6. The van der Waals surface area contributed by atoms with E-state index in [0.717, 1.165) is 11.6 Å². The molecule has 2 N–H and O–H groups in total. The Bertz CT molecular complexity index is 1860. The van der Waals surface area contributed by atoms with Crippen molar-refractivity contribution in [2.45, 2.75) is 51.0 Å². The molecule has 0 radical (unpaired) electrons. The highest BCUT2D eigenvalue weighted by Crippen LogP contribution is 2.52. The molecule has 3 aromatic carbocycles. The van der Waals surface area contributed by atoms with Gasteiger partial charge in [-0.1, -0.05) is 35.9 Å². The summed E-state index contributed by atoms with van der Waals surface area (Å²) < 4.78 is 108. The number of anilines is 1. The van der Waals surface area contributed by atoms with Gasteiger partial charge in [0.1, 0.15) is 12.4 Å². The number of hydrogen-bond donors (Lipinski definition) is 2. The summed E-state index contributed by atoms with van der Waals surface area (Å²) in [6, 6.07) is 13.2. The Balaban J connectivity index is 1.36. The Morgan fingerprint density at radius 3 is 2.25 bits per heavy atom. The average Bonchev–Trinajstić information content (AvgIpc) is 3.32. The molecule has 6 rings (SSSR count). The highest BCUT2D eigenvalue weighted by atomic mass is 19.4. The highest BCUT2D eigenvalue weighted by Gasteiger charge is 2.58. The number of carbonyl (C=O) groups excluding carboxylic acids is 2. The van der Waals surface area contributed by atoms with Crippen molar-refractivity contribution >= 4 is 30.7 Å². The average molecular weight is 717 g/mol. The van der Waals surface area contributed by atoms with E-state index in [9.17, 15) is 50.5 Å². The summed E-state index contributed by atoms with van der Waals surface area (Å²) in [6.45, 7) is 1.72. The molecule has 0 spiro atoms. The van der Waals surface area contributed by atoms with Crippen LogP contribution in [-0.4, -0.2) is 41.8 Å². The molecule has 0 saturated carbocycles. The van der Waals surface area contributed by atoms with Crippen LogP contribution in [0.25, 0.3) is 6.08 Å². The van der Waals surface area contributed by atoms with Crippen LogP contribution in [-0.2, 0) is 26.6 Å². The minimum absolute atomic E-state index is 0.0696. The molecular formula is C36H31BF7NO6. The molecule has 3 aliphatic rings. The summed E-state index contributed by atoms with van der Waals surface area (Å²) in [5.74, 6) is -5.94. The van der Waals surface area contributed by atoms with Gasteiger partial charge < -0.3 is 19.5 Å². The fraction of sp³-hybridized carbons (Fsp3) is 0.333.